The maximum Gasteiger partial charge on any atom is 0.273 e. The van der Waals surface area contributed by atoms with Gasteiger partial charge in [-0.2, -0.15) is 5.10 Å². The predicted molar refractivity (Wildman–Crippen MR) is 168 cm³/mol. The third kappa shape index (κ3) is 7.97. The Kier molecular flexibility index (Phi) is 10.2. The number of methoxy groups -OCH3 is 1. The molecule has 2 N–H and O–H groups in total. The number of likely N-dealkylation sites (tertiary alicyclic amines) is 2. The van der Waals surface area contributed by atoms with Crippen molar-refractivity contribution in [2.45, 2.75) is 44.7 Å². The minimum absolute atomic E-state index is 0.214. The van der Waals surface area contributed by atoms with Gasteiger partial charge in [-0.15, -0.1) is 0 Å². The number of carbonyl (C=O) groups excluding carboxylic acids is 2. The Bertz CT molecular complexity index is 1410. The van der Waals surface area contributed by atoms with Crippen molar-refractivity contribution >= 4 is 35.3 Å². The van der Waals surface area contributed by atoms with Crippen LogP contribution in [0, 0.1) is 0 Å². The molecule has 42 heavy (non-hydrogen) atoms. The van der Waals surface area contributed by atoms with Gasteiger partial charge in [0.25, 0.3) is 11.8 Å². The molecule has 0 aliphatic carbocycles. The lowest BCUT2D eigenvalue weighted by Crippen LogP contribution is -2.46. The Morgan fingerprint density at radius 3 is 2.52 bits per heavy atom. The Morgan fingerprint density at radius 1 is 0.952 bits per heavy atom. The molecule has 5 rings (SSSR count). The van der Waals surface area contributed by atoms with E-state index < -0.39 is 5.91 Å². The molecule has 3 aromatic rings. The number of ether oxygens (including phenoxy) is 1. The number of amides is 2. The number of hydrogen-bond acceptors (Lipinski definition) is 6. The molecule has 3 aromatic carbocycles. The monoisotopic (exact) mass is 587 g/mol. The molecule has 2 fully saturated rings. The van der Waals surface area contributed by atoms with Crippen LogP contribution in [0.5, 0.6) is 5.75 Å². The average Bonchev–Trinajstić information content (AvgIpc) is 3.03. The quantitative estimate of drug-likeness (QED) is 0.244. The lowest BCUT2D eigenvalue weighted by atomic mass is 9.99. The molecule has 0 atom stereocenters. The van der Waals surface area contributed by atoms with Crippen molar-refractivity contribution in [3.05, 3.63) is 94.0 Å². The number of piperidine rings is 2. The van der Waals surface area contributed by atoms with Crippen molar-refractivity contribution < 1.29 is 14.3 Å². The van der Waals surface area contributed by atoms with Gasteiger partial charge in [0.1, 0.15) is 5.75 Å². The lowest BCUT2D eigenvalue weighted by molar-refractivity contribution is 0.0896. The first kappa shape index (κ1) is 29.8. The maximum atomic E-state index is 13.3. The van der Waals surface area contributed by atoms with Crippen LogP contribution in [-0.2, 0) is 6.54 Å². The first-order chi connectivity index (χ1) is 20.5. The minimum Gasteiger partial charge on any atom is -0.497 e. The molecule has 2 aliphatic rings. The highest BCUT2D eigenvalue weighted by Crippen LogP contribution is 2.24. The van der Waals surface area contributed by atoms with Crippen LogP contribution in [0.3, 0.4) is 0 Å². The first-order valence-corrected chi connectivity index (χ1v) is 15.0. The fourth-order valence-corrected chi connectivity index (χ4v) is 5.92. The van der Waals surface area contributed by atoms with Gasteiger partial charge < -0.3 is 15.0 Å². The SMILES string of the molecule is COc1cccc(/C=N/NC(=O)c2cc(Cl)ccc2NC(=O)c2cccc(CN3CCC(N4CCCCC4)CC3)c2)c1. The summed E-state index contributed by atoms with van der Waals surface area (Å²) in [5.74, 6) is -0.0998. The minimum atomic E-state index is -0.492. The van der Waals surface area contributed by atoms with Crippen molar-refractivity contribution in [1.82, 2.24) is 15.2 Å². The van der Waals surface area contributed by atoms with Crippen LogP contribution in [0.1, 0.15) is 63.9 Å². The third-order valence-electron chi connectivity index (χ3n) is 8.01. The van der Waals surface area contributed by atoms with Gasteiger partial charge in [-0.1, -0.05) is 42.3 Å². The fraction of sp³-hybridized carbons (Fsp3) is 0.364. The van der Waals surface area contributed by atoms with Gasteiger partial charge in [0, 0.05) is 23.2 Å². The summed E-state index contributed by atoms with van der Waals surface area (Å²) in [6, 6.07) is 20.5. The Balaban J connectivity index is 1.19. The zero-order chi connectivity index (χ0) is 29.3. The van der Waals surface area contributed by atoms with E-state index in [1.165, 1.54) is 57.5 Å². The molecule has 0 spiro atoms. The van der Waals surface area contributed by atoms with Gasteiger partial charge in [-0.25, -0.2) is 5.43 Å². The van der Waals surface area contributed by atoms with E-state index >= 15 is 0 Å². The van der Waals surface area contributed by atoms with Crippen LogP contribution in [-0.4, -0.2) is 67.2 Å². The van der Waals surface area contributed by atoms with Crippen LogP contribution < -0.4 is 15.5 Å². The van der Waals surface area contributed by atoms with E-state index in [0.29, 0.717) is 28.1 Å². The van der Waals surface area contributed by atoms with Crippen LogP contribution in [0.4, 0.5) is 5.69 Å². The second-order valence-corrected chi connectivity index (χ2v) is 11.4. The Morgan fingerprint density at radius 2 is 1.74 bits per heavy atom. The van der Waals surface area contributed by atoms with Gasteiger partial charge in [-0.05, 0) is 105 Å². The number of nitrogens with one attached hydrogen (secondary N) is 2. The second kappa shape index (κ2) is 14.4. The van der Waals surface area contributed by atoms with E-state index in [9.17, 15) is 9.59 Å². The molecule has 8 nitrogen and oxygen atoms in total. The fourth-order valence-electron chi connectivity index (χ4n) is 5.75. The summed E-state index contributed by atoms with van der Waals surface area (Å²) < 4.78 is 5.22. The van der Waals surface area contributed by atoms with E-state index in [1.807, 2.05) is 30.3 Å². The Labute approximate surface area is 252 Å². The highest BCUT2D eigenvalue weighted by atomic mass is 35.5. The van der Waals surface area contributed by atoms with Gasteiger partial charge in [-0.3, -0.25) is 14.5 Å². The van der Waals surface area contributed by atoms with Gasteiger partial charge >= 0.3 is 0 Å². The summed E-state index contributed by atoms with van der Waals surface area (Å²) in [7, 11) is 1.59. The van der Waals surface area contributed by atoms with Gasteiger partial charge in [0.15, 0.2) is 0 Å². The first-order valence-electron chi connectivity index (χ1n) is 14.6. The van der Waals surface area contributed by atoms with Gasteiger partial charge in [0.2, 0.25) is 0 Å². The number of carbonyl (C=O) groups is 2. The molecule has 2 saturated heterocycles. The van der Waals surface area contributed by atoms with Crippen LogP contribution in [0.2, 0.25) is 5.02 Å². The summed E-state index contributed by atoms with van der Waals surface area (Å²) in [6.07, 6.45) is 7.94. The number of anilines is 1. The summed E-state index contributed by atoms with van der Waals surface area (Å²) in [6.45, 7) is 5.45. The van der Waals surface area contributed by atoms with Crippen LogP contribution >= 0.6 is 11.6 Å². The number of benzene rings is 3. The molecule has 220 valence electrons. The Hall–Kier alpha value is -3.72. The second-order valence-electron chi connectivity index (χ2n) is 10.9. The normalized spacial score (nSPS) is 16.8. The molecule has 0 radical (unpaired) electrons. The summed E-state index contributed by atoms with van der Waals surface area (Å²) in [5, 5.41) is 7.32. The molecule has 2 amide bonds. The number of nitrogens with zero attached hydrogens (tertiary/aromatic N) is 3. The molecular weight excluding hydrogens is 550 g/mol. The van der Waals surface area contributed by atoms with Crippen LogP contribution in [0.25, 0.3) is 0 Å². The topological polar surface area (TPSA) is 86.3 Å². The summed E-state index contributed by atoms with van der Waals surface area (Å²) >= 11 is 6.19. The molecule has 0 saturated carbocycles. The van der Waals surface area contributed by atoms with E-state index in [0.717, 1.165) is 30.8 Å². The van der Waals surface area contributed by atoms with E-state index in [4.69, 9.17) is 16.3 Å². The average molecular weight is 588 g/mol. The smallest absolute Gasteiger partial charge is 0.273 e. The summed E-state index contributed by atoms with van der Waals surface area (Å²) in [5.41, 5.74) is 5.48. The lowest BCUT2D eigenvalue weighted by Gasteiger charge is -2.40. The molecule has 2 aliphatic heterocycles. The highest BCUT2D eigenvalue weighted by Gasteiger charge is 2.25. The van der Waals surface area contributed by atoms with E-state index in [-0.39, 0.29) is 11.5 Å². The highest BCUT2D eigenvalue weighted by molar-refractivity contribution is 6.31. The van der Waals surface area contributed by atoms with Crippen molar-refractivity contribution in [2.75, 3.05) is 38.6 Å². The maximum absolute atomic E-state index is 13.3. The molecular formula is C33H38ClN5O3. The van der Waals surface area contributed by atoms with E-state index in [1.54, 1.807) is 31.4 Å². The molecule has 2 heterocycles. The number of hydrazone groups is 1. The van der Waals surface area contributed by atoms with Crippen molar-refractivity contribution in [1.29, 1.82) is 0 Å². The standard InChI is InChI=1S/C33H38ClN5O3/c1-42-29-10-6-7-24(20-29)22-35-37-33(41)30-21-27(34)11-12-31(30)36-32(40)26-9-5-8-25(19-26)23-38-17-13-28(14-18-38)39-15-3-2-4-16-39/h5-12,19-22,28H,2-4,13-18,23H2,1H3,(H,36,40)(H,37,41)/b35-22+. The molecule has 0 unspecified atom stereocenters. The predicted octanol–water partition coefficient (Wildman–Crippen LogP) is 5.82. The number of rotatable bonds is 9. The van der Waals surface area contributed by atoms with Crippen molar-refractivity contribution in [3.8, 4) is 5.75 Å². The third-order valence-corrected chi connectivity index (χ3v) is 8.24. The summed E-state index contributed by atoms with van der Waals surface area (Å²) in [4.78, 5) is 31.4. The molecule has 0 aromatic heterocycles. The zero-order valence-corrected chi connectivity index (χ0v) is 24.8. The largest absolute Gasteiger partial charge is 0.497 e. The molecule has 0 bridgehead atoms. The van der Waals surface area contributed by atoms with Gasteiger partial charge in [0.05, 0.1) is 24.6 Å². The molecule has 9 heteroatoms. The zero-order valence-electron chi connectivity index (χ0n) is 24.0. The number of hydrogen-bond donors (Lipinski definition) is 2. The van der Waals surface area contributed by atoms with Crippen LogP contribution in [0.15, 0.2) is 71.8 Å². The van der Waals surface area contributed by atoms with Crippen molar-refractivity contribution in [3.63, 3.8) is 0 Å². The van der Waals surface area contributed by atoms with E-state index in [2.05, 4.69) is 31.7 Å². The number of halogens is 1. The van der Waals surface area contributed by atoms with Crippen molar-refractivity contribution in [2.24, 2.45) is 5.10 Å².